The van der Waals surface area contributed by atoms with E-state index in [1.807, 2.05) is 25.2 Å². The summed E-state index contributed by atoms with van der Waals surface area (Å²) in [5, 5.41) is 22.3. The number of rotatable bonds is 3. The van der Waals surface area contributed by atoms with Crippen LogP contribution in [0.2, 0.25) is 0 Å². The molecule has 0 aromatic rings. The molecule has 0 saturated carbocycles. The molecule has 0 radical (unpaired) electrons. The van der Waals surface area contributed by atoms with Gasteiger partial charge in [-0.25, -0.2) is 0 Å². The average molecular weight is 294 g/mol. The second-order valence-corrected chi connectivity index (χ2v) is 5.76. The van der Waals surface area contributed by atoms with Crippen molar-refractivity contribution >= 4 is 5.91 Å². The van der Waals surface area contributed by atoms with Crippen molar-refractivity contribution in [3.63, 3.8) is 0 Å². The highest BCUT2D eigenvalue weighted by molar-refractivity contribution is 5.97. The molecule has 6 nitrogen and oxygen atoms in total. The maximum Gasteiger partial charge on any atom is 0.250 e. The molecule has 3 rings (SSSR count). The number of nitrogens with one attached hydrogen (secondary N) is 1. The number of ether oxygens (including phenoxy) is 1. The smallest absolute Gasteiger partial charge is 0.250 e. The van der Waals surface area contributed by atoms with E-state index in [2.05, 4.69) is 5.32 Å². The molecule has 2 aliphatic heterocycles. The Morgan fingerprint density at radius 1 is 1.43 bits per heavy atom. The molecule has 0 aromatic heterocycles. The molecule has 0 bridgehead atoms. The van der Waals surface area contributed by atoms with Gasteiger partial charge in [-0.1, -0.05) is 18.2 Å². The molecule has 2 saturated heterocycles. The van der Waals surface area contributed by atoms with Gasteiger partial charge in [-0.15, -0.1) is 0 Å². The summed E-state index contributed by atoms with van der Waals surface area (Å²) in [7, 11) is 0. The lowest BCUT2D eigenvalue weighted by Crippen LogP contribution is -2.57. The van der Waals surface area contributed by atoms with Gasteiger partial charge in [-0.05, 0) is 19.8 Å². The van der Waals surface area contributed by atoms with Crippen LogP contribution in [0.3, 0.4) is 0 Å². The van der Waals surface area contributed by atoms with Crippen LogP contribution in [0.25, 0.3) is 0 Å². The number of carbonyl (C=O) groups excluding carboxylic acids is 1. The molecule has 0 aromatic carbocycles. The van der Waals surface area contributed by atoms with Gasteiger partial charge in [0.25, 0.3) is 5.91 Å². The van der Waals surface area contributed by atoms with Gasteiger partial charge in [0.05, 0.1) is 12.1 Å². The summed E-state index contributed by atoms with van der Waals surface area (Å²) in [6.45, 7) is 3.10. The van der Waals surface area contributed by atoms with Crippen molar-refractivity contribution in [2.24, 2.45) is 5.92 Å². The molecule has 3 N–H and O–H groups in total. The normalized spacial score (nSPS) is 39.4. The van der Waals surface area contributed by atoms with Gasteiger partial charge in [0.2, 0.25) is 0 Å². The quantitative estimate of drug-likeness (QED) is 0.668. The van der Waals surface area contributed by atoms with Crippen molar-refractivity contribution < 1.29 is 19.7 Å². The zero-order valence-electron chi connectivity index (χ0n) is 12.1. The monoisotopic (exact) mass is 294 g/mol. The van der Waals surface area contributed by atoms with E-state index in [0.29, 0.717) is 26.0 Å². The fraction of sp³-hybridized carbons (Fsp3) is 0.667. The van der Waals surface area contributed by atoms with E-state index in [4.69, 9.17) is 4.74 Å². The molecule has 4 unspecified atom stereocenters. The fourth-order valence-electron chi connectivity index (χ4n) is 3.45. The molecule has 1 aliphatic carbocycles. The van der Waals surface area contributed by atoms with E-state index in [9.17, 15) is 15.0 Å². The Labute approximate surface area is 124 Å². The third kappa shape index (κ3) is 2.64. The maximum absolute atomic E-state index is 12.6. The number of amides is 1. The van der Waals surface area contributed by atoms with Crippen LogP contribution in [0.4, 0.5) is 0 Å². The summed E-state index contributed by atoms with van der Waals surface area (Å²) in [5.74, 6) is -0.00204. The topological polar surface area (TPSA) is 82.0 Å². The predicted molar refractivity (Wildman–Crippen MR) is 76.0 cm³/mol. The number of piperidine rings is 1. The van der Waals surface area contributed by atoms with Crippen LogP contribution in [-0.2, 0) is 9.53 Å². The minimum atomic E-state index is -0.892. The van der Waals surface area contributed by atoms with Gasteiger partial charge in [0, 0.05) is 24.6 Å². The van der Waals surface area contributed by atoms with Crippen LogP contribution in [0.5, 0.6) is 0 Å². The second kappa shape index (κ2) is 5.88. The first kappa shape index (κ1) is 14.7. The Morgan fingerprint density at radius 3 is 2.95 bits per heavy atom. The molecule has 21 heavy (non-hydrogen) atoms. The predicted octanol–water partition coefficient (Wildman–Crippen LogP) is -0.265. The summed E-state index contributed by atoms with van der Waals surface area (Å²) in [5.41, 5.74) is 0.759. The number of nitrogens with zero attached hydrogens (tertiary/aromatic N) is 1. The summed E-state index contributed by atoms with van der Waals surface area (Å²) >= 11 is 0. The van der Waals surface area contributed by atoms with E-state index in [0.717, 1.165) is 5.57 Å². The summed E-state index contributed by atoms with van der Waals surface area (Å²) < 4.78 is 5.70. The number of carbonyl (C=O) groups is 1. The van der Waals surface area contributed by atoms with Crippen LogP contribution >= 0.6 is 0 Å². The van der Waals surface area contributed by atoms with Crippen molar-refractivity contribution in [1.29, 1.82) is 0 Å². The van der Waals surface area contributed by atoms with E-state index in [1.165, 1.54) is 0 Å². The lowest BCUT2D eigenvalue weighted by Gasteiger charge is -2.37. The summed E-state index contributed by atoms with van der Waals surface area (Å²) in [6.07, 6.45) is 5.14. The molecule has 0 spiro atoms. The van der Waals surface area contributed by atoms with Crippen molar-refractivity contribution in [2.75, 3.05) is 13.2 Å². The third-order valence-electron chi connectivity index (χ3n) is 4.50. The molecule has 116 valence electrons. The highest BCUT2D eigenvalue weighted by Crippen LogP contribution is 2.35. The Balaban J connectivity index is 1.76. The molecule has 1 amide bonds. The molecule has 2 fully saturated rings. The minimum Gasteiger partial charge on any atom is -0.379 e. The SMILES string of the molecule is CCOC1C=CC=C2C(=O)N([C@@H]3CCC(O)NC3O)CC21. The molecule has 6 heteroatoms. The zero-order valence-corrected chi connectivity index (χ0v) is 12.1. The number of hydrogen-bond acceptors (Lipinski definition) is 5. The number of likely N-dealkylation sites (tertiary alicyclic amines) is 1. The highest BCUT2D eigenvalue weighted by atomic mass is 16.5. The van der Waals surface area contributed by atoms with E-state index in [1.54, 1.807) is 4.90 Å². The maximum atomic E-state index is 12.6. The Kier molecular flexibility index (Phi) is 4.12. The number of aliphatic hydroxyl groups is 2. The molecule has 3 aliphatic rings. The van der Waals surface area contributed by atoms with Gasteiger partial charge in [-0.2, -0.15) is 0 Å². The van der Waals surface area contributed by atoms with Crippen LogP contribution in [0, 0.1) is 5.92 Å². The molecular weight excluding hydrogens is 272 g/mol. The van der Waals surface area contributed by atoms with Crippen LogP contribution in [-0.4, -0.2) is 58.8 Å². The largest absolute Gasteiger partial charge is 0.379 e. The first-order valence-electron chi connectivity index (χ1n) is 7.55. The average Bonchev–Trinajstić information content (AvgIpc) is 2.78. The van der Waals surface area contributed by atoms with Gasteiger partial charge in [0.15, 0.2) is 0 Å². The van der Waals surface area contributed by atoms with Crippen molar-refractivity contribution in [3.8, 4) is 0 Å². The van der Waals surface area contributed by atoms with E-state index < -0.39 is 12.5 Å². The lowest BCUT2D eigenvalue weighted by atomic mass is 9.91. The van der Waals surface area contributed by atoms with Crippen LogP contribution in [0.1, 0.15) is 19.8 Å². The molecule has 5 atom stereocenters. The third-order valence-corrected chi connectivity index (χ3v) is 4.50. The van der Waals surface area contributed by atoms with E-state index >= 15 is 0 Å². The van der Waals surface area contributed by atoms with Crippen LogP contribution in [0.15, 0.2) is 23.8 Å². The van der Waals surface area contributed by atoms with Gasteiger partial charge >= 0.3 is 0 Å². The standard InChI is InChI=1S/C15H22N2O4/c1-2-21-12-5-3-4-9-10(12)8-17(15(9)20)11-6-7-13(18)16-14(11)19/h3-5,10-14,16,18-19H,2,6-8H2,1H3/t10?,11-,12?,13?,14?/m1/s1. The first-order chi connectivity index (χ1) is 10.1. The second-order valence-electron chi connectivity index (χ2n) is 5.76. The van der Waals surface area contributed by atoms with E-state index in [-0.39, 0.29) is 24.0 Å². The molecule has 2 heterocycles. The Hall–Kier alpha value is -1.21. The number of hydrogen-bond donors (Lipinski definition) is 3. The fourth-order valence-corrected chi connectivity index (χ4v) is 3.45. The van der Waals surface area contributed by atoms with Crippen LogP contribution < -0.4 is 5.32 Å². The first-order valence-corrected chi connectivity index (χ1v) is 7.55. The Bertz CT molecular complexity index is 476. The van der Waals surface area contributed by atoms with Gasteiger partial charge in [0.1, 0.15) is 12.5 Å². The van der Waals surface area contributed by atoms with Gasteiger partial charge < -0.3 is 19.8 Å². The van der Waals surface area contributed by atoms with Crippen molar-refractivity contribution in [2.45, 2.75) is 44.4 Å². The summed E-state index contributed by atoms with van der Waals surface area (Å²) in [4.78, 5) is 14.3. The zero-order chi connectivity index (χ0) is 15.0. The number of allylic oxidation sites excluding steroid dienone is 2. The van der Waals surface area contributed by atoms with Gasteiger partial charge in [-0.3, -0.25) is 10.1 Å². The van der Waals surface area contributed by atoms with Crippen molar-refractivity contribution in [1.82, 2.24) is 10.2 Å². The van der Waals surface area contributed by atoms with Crippen molar-refractivity contribution in [3.05, 3.63) is 23.8 Å². The minimum absolute atomic E-state index is 0.0292. The highest BCUT2D eigenvalue weighted by Gasteiger charge is 2.45. The lowest BCUT2D eigenvalue weighted by molar-refractivity contribution is -0.133. The molecular formula is C15H22N2O4. The number of aliphatic hydroxyl groups excluding tert-OH is 2. The Morgan fingerprint density at radius 2 is 2.24 bits per heavy atom. The summed E-state index contributed by atoms with van der Waals surface area (Å²) in [6, 6.07) is -0.297. The number of fused-ring (bicyclic) bond motifs is 1.